The third-order valence-corrected chi connectivity index (χ3v) is 5.51. The molecule has 0 fully saturated rings. The molecular weight excluding hydrogens is 360 g/mol. The summed E-state index contributed by atoms with van der Waals surface area (Å²) in [6.45, 7) is 4.17. The van der Waals surface area contributed by atoms with Gasteiger partial charge in [0, 0.05) is 24.5 Å². The van der Waals surface area contributed by atoms with Crippen LogP contribution in [-0.4, -0.2) is 20.9 Å². The van der Waals surface area contributed by atoms with Gasteiger partial charge < -0.3 is 5.32 Å². The Balaban J connectivity index is 1.82. The average Bonchev–Trinajstić information content (AvgIpc) is 2.55. The van der Waals surface area contributed by atoms with Crippen molar-refractivity contribution in [3.8, 4) is 0 Å². The van der Waals surface area contributed by atoms with Crippen molar-refractivity contribution < 1.29 is 13.2 Å². The first-order valence-electron chi connectivity index (χ1n) is 7.86. The summed E-state index contributed by atoms with van der Waals surface area (Å²) in [5.41, 5.74) is 2.82. The van der Waals surface area contributed by atoms with Crippen LogP contribution in [0.25, 0.3) is 0 Å². The molecule has 0 aliphatic carbocycles. The molecule has 5 nitrogen and oxygen atoms in total. The maximum atomic E-state index is 12.2. The van der Waals surface area contributed by atoms with Crippen molar-refractivity contribution in [1.82, 2.24) is 10.0 Å². The Bertz CT molecular complexity index is 866. The van der Waals surface area contributed by atoms with E-state index in [1.807, 2.05) is 26.0 Å². The molecule has 0 aliphatic heterocycles. The molecule has 2 aromatic carbocycles. The number of carbonyl (C=O) groups excluding carboxylic acids is 1. The minimum Gasteiger partial charge on any atom is -0.352 e. The van der Waals surface area contributed by atoms with Crippen molar-refractivity contribution >= 4 is 27.5 Å². The maximum absolute atomic E-state index is 12.2. The predicted octanol–water partition coefficient (Wildman–Crippen LogP) is 2.94. The third kappa shape index (κ3) is 5.85. The second-order valence-corrected chi connectivity index (χ2v) is 8.00. The van der Waals surface area contributed by atoms with Gasteiger partial charge in [-0.15, -0.1) is 0 Å². The quantitative estimate of drug-likeness (QED) is 0.775. The number of benzene rings is 2. The molecule has 0 radical (unpaired) electrons. The summed E-state index contributed by atoms with van der Waals surface area (Å²) in [4.78, 5) is 12.0. The second-order valence-electron chi connectivity index (χ2n) is 5.80. The molecule has 0 heterocycles. The van der Waals surface area contributed by atoms with Crippen LogP contribution in [0.2, 0.25) is 5.02 Å². The topological polar surface area (TPSA) is 75.3 Å². The first-order chi connectivity index (χ1) is 11.8. The van der Waals surface area contributed by atoms with E-state index in [4.69, 9.17) is 11.6 Å². The summed E-state index contributed by atoms with van der Waals surface area (Å²) in [6, 6.07) is 12.1. The number of rotatable bonds is 7. The molecule has 0 aromatic heterocycles. The zero-order chi connectivity index (χ0) is 18.4. The number of amides is 1. The van der Waals surface area contributed by atoms with Gasteiger partial charge in [-0.25, -0.2) is 13.1 Å². The van der Waals surface area contributed by atoms with Crippen LogP contribution >= 0.6 is 11.6 Å². The van der Waals surface area contributed by atoms with Gasteiger partial charge in [0.05, 0.1) is 4.90 Å². The molecule has 0 bridgehead atoms. The fourth-order valence-electron chi connectivity index (χ4n) is 2.20. The Morgan fingerprint density at radius 3 is 2.52 bits per heavy atom. The van der Waals surface area contributed by atoms with Crippen LogP contribution < -0.4 is 10.0 Å². The minimum absolute atomic E-state index is 0.0383. The molecule has 0 unspecified atom stereocenters. The van der Waals surface area contributed by atoms with Crippen molar-refractivity contribution in [2.45, 2.75) is 31.7 Å². The average molecular weight is 381 g/mol. The van der Waals surface area contributed by atoms with E-state index in [1.165, 1.54) is 0 Å². The van der Waals surface area contributed by atoms with E-state index in [0.29, 0.717) is 11.6 Å². The van der Waals surface area contributed by atoms with Gasteiger partial charge in [0.2, 0.25) is 15.9 Å². The van der Waals surface area contributed by atoms with Gasteiger partial charge in [-0.2, -0.15) is 0 Å². The highest BCUT2D eigenvalue weighted by molar-refractivity contribution is 7.89. The number of halogens is 1. The number of hydrogen-bond acceptors (Lipinski definition) is 3. The Hall–Kier alpha value is -1.89. The zero-order valence-corrected chi connectivity index (χ0v) is 15.7. The molecule has 2 rings (SSSR count). The van der Waals surface area contributed by atoms with Crippen LogP contribution in [0.3, 0.4) is 0 Å². The Morgan fingerprint density at radius 1 is 1.08 bits per heavy atom. The summed E-state index contributed by atoms with van der Waals surface area (Å²) >= 11 is 5.88. The molecule has 0 saturated carbocycles. The molecule has 2 N–H and O–H groups in total. The summed E-state index contributed by atoms with van der Waals surface area (Å²) in [6.07, 6.45) is 0.0602. The number of sulfonamides is 1. The Kier molecular flexibility index (Phi) is 6.58. The van der Waals surface area contributed by atoms with Crippen LogP contribution in [0, 0.1) is 13.8 Å². The SMILES string of the molecule is Cc1ccc(S(=O)(=O)NCCC(=O)NCc2cccc(Cl)c2)cc1C. The lowest BCUT2D eigenvalue weighted by Gasteiger charge is -2.09. The lowest BCUT2D eigenvalue weighted by Crippen LogP contribution is -2.30. The first kappa shape index (κ1) is 19.4. The van der Waals surface area contributed by atoms with Crippen molar-refractivity contribution in [1.29, 1.82) is 0 Å². The Labute approximate surface area is 153 Å². The molecule has 2 aromatic rings. The smallest absolute Gasteiger partial charge is 0.240 e. The van der Waals surface area contributed by atoms with E-state index in [-0.39, 0.29) is 23.8 Å². The van der Waals surface area contributed by atoms with Crippen LogP contribution in [0.5, 0.6) is 0 Å². The van der Waals surface area contributed by atoms with Gasteiger partial charge in [0.25, 0.3) is 0 Å². The lowest BCUT2D eigenvalue weighted by molar-refractivity contribution is -0.121. The minimum atomic E-state index is -3.62. The number of nitrogens with one attached hydrogen (secondary N) is 2. The largest absolute Gasteiger partial charge is 0.352 e. The number of hydrogen-bond donors (Lipinski definition) is 2. The van der Waals surface area contributed by atoms with Crippen LogP contribution in [0.1, 0.15) is 23.1 Å². The molecule has 1 amide bonds. The van der Waals surface area contributed by atoms with E-state index in [9.17, 15) is 13.2 Å². The van der Waals surface area contributed by atoms with Crippen molar-refractivity contribution in [3.63, 3.8) is 0 Å². The zero-order valence-electron chi connectivity index (χ0n) is 14.2. The standard InChI is InChI=1S/C18H21ClN2O3S/c1-13-6-7-17(10-14(13)2)25(23,24)21-9-8-18(22)20-12-15-4-3-5-16(19)11-15/h3-7,10-11,21H,8-9,12H2,1-2H3,(H,20,22). The molecule has 25 heavy (non-hydrogen) atoms. The normalized spacial score (nSPS) is 11.3. The van der Waals surface area contributed by atoms with Crippen LogP contribution in [-0.2, 0) is 21.4 Å². The summed E-state index contributed by atoms with van der Waals surface area (Å²) in [5, 5.41) is 3.34. The van der Waals surface area contributed by atoms with Gasteiger partial charge in [0.15, 0.2) is 0 Å². The van der Waals surface area contributed by atoms with Crippen molar-refractivity contribution in [2.24, 2.45) is 0 Å². The highest BCUT2D eigenvalue weighted by Crippen LogP contribution is 2.14. The maximum Gasteiger partial charge on any atom is 0.240 e. The summed E-state index contributed by atoms with van der Waals surface area (Å²) < 4.78 is 26.9. The molecule has 0 atom stereocenters. The summed E-state index contributed by atoms with van der Waals surface area (Å²) in [7, 11) is -3.62. The van der Waals surface area contributed by atoms with Crippen LogP contribution in [0.15, 0.2) is 47.4 Å². The predicted molar refractivity (Wildman–Crippen MR) is 99.0 cm³/mol. The summed E-state index contributed by atoms with van der Waals surface area (Å²) in [5.74, 6) is -0.234. The van der Waals surface area contributed by atoms with E-state index in [1.54, 1.807) is 30.3 Å². The number of carbonyl (C=O) groups is 1. The highest BCUT2D eigenvalue weighted by Gasteiger charge is 2.14. The molecule has 0 saturated heterocycles. The van der Waals surface area contributed by atoms with E-state index < -0.39 is 10.0 Å². The second kappa shape index (κ2) is 8.47. The van der Waals surface area contributed by atoms with E-state index >= 15 is 0 Å². The Morgan fingerprint density at radius 2 is 1.84 bits per heavy atom. The molecule has 7 heteroatoms. The van der Waals surface area contributed by atoms with Crippen LogP contribution in [0.4, 0.5) is 0 Å². The molecular formula is C18H21ClN2O3S. The van der Waals surface area contributed by atoms with E-state index in [0.717, 1.165) is 16.7 Å². The van der Waals surface area contributed by atoms with E-state index in [2.05, 4.69) is 10.0 Å². The van der Waals surface area contributed by atoms with Gasteiger partial charge >= 0.3 is 0 Å². The molecule has 134 valence electrons. The molecule has 0 aliphatic rings. The first-order valence-corrected chi connectivity index (χ1v) is 9.72. The van der Waals surface area contributed by atoms with Gasteiger partial charge in [-0.05, 0) is 54.8 Å². The lowest BCUT2D eigenvalue weighted by atomic mass is 10.1. The number of aryl methyl sites for hydroxylation is 2. The fraction of sp³-hybridized carbons (Fsp3) is 0.278. The van der Waals surface area contributed by atoms with Gasteiger partial charge in [-0.3, -0.25) is 4.79 Å². The molecule has 0 spiro atoms. The highest BCUT2D eigenvalue weighted by atomic mass is 35.5. The monoisotopic (exact) mass is 380 g/mol. The van der Waals surface area contributed by atoms with Crippen molar-refractivity contribution in [2.75, 3.05) is 6.54 Å². The van der Waals surface area contributed by atoms with Gasteiger partial charge in [0.1, 0.15) is 0 Å². The fourth-order valence-corrected chi connectivity index (χ4v) is 3.53. The van der Waals surface area contributed by atoms with Crippen molar-refractivity contribution in [3.05, 3.63) is 64.2 Å². The van der Waals surface area contributed by atoms with Gasteiger partial charge in [-0.1, -0.05) is 29.8 Å². The third-order valence-electron chi connectivity index (χ3n) is 3.81.